The fourth-order valence-corrected chi connectivity index (χ4v) is 8.59. The first-order valence-corrected chi connectivity index (χ1v) is 29.9. The molecule has 0 saturated carbocycles. The number of phosphoric ester groups is 1. The Balaban J connectivity index is 3.99. The maximum atomic E-state index is 12.7. The quantitative estimate of drug-likeness (QED) is 0.0264. The first-order chi connectivity index (χ1) is 33.8. The molecule has 0 aromatic rings. The molecule has 0 bridgehead atoms. The van der Waals surface area contributed by atoms with Crippen LogP contribution in [-0.2, 0) is 32.7 Å². The summed E-state index contributed by atoms with van der Waals surface area (Å²) >= 11 is 0. The largest absolute Gasteiger partial charge is 0.472 e. The zero-order chi connectivity index (χ0) is 50.2. The van der Waals surface area contributed by atoms with Gasteiger partial charge < -0.3 is 20.1 Å². The van der Waals surface area contributed by atoms with E-state index >= 15 is 0 Å². The fourth-order valence-electron chi connectivity index (χ4n) is 7.83. The van der Waals surface area contributed by atoms with E-state index in [2.05, 4.69) is 86.8 Å². The topological polar surface area (TPSA) is 134 Å². The zero-order valence-electron chi connectivity index (χ0n) is 44.5. The number of hydrogen-bond donors (Lipinski definition) is 2. The molecular weight excluding hydrogens is 882 g/mol. The SMILES string of the molecule is CCCCC/C=C\C/C=C\C/C=C\CCCCCCCCC(=O)OCC(COP(=O)(O)OCCN)OC(=O)CCCCCCCCCCCCCCCC/C=C\C/C=C\C/C=C\CCCCCCC. The molecule has 0 saturated heterocycles. The van der Waals surface area contributed by atoms with E-state index in [0.29, 0.717) is 12.8 Å². The van der Waals surface area contributed by atoms with Crippen molar-refractivity contribution in [2.24, 2.45) is 5.73 Å². The number of phosphoric acid groups is 1. The first kappa shape index (κ1) is 66.5. The Bertz CT molecular complexity index is 1360. The van der Waals surface area contributed by atoms with E-state index in [1.807, 2.05) is 0 Å². The molecule has 0 aromatic heterocycles. The van der Waals surface area contributed by atoms with Crippen molar-refractivity contribution in [2.75, 3.05) is 26.4 Å². The lowest BCUT2D eigenvalue weighted by molar-refractivity contribution is -0.161. The van der Waals surface area contributed by atoms with Gasteiger partial charge in [0.2, 0.25) is 0 Å². The lowest BCUT2D eigenvalue weighted by Crippen LogP contribution is -2.29. The van der Waals surface area contributed by atoms with Crippen LogP contribution >= 0.6 is 7.82 Å². The number of ether oxygens (including phenoxy) is 2. The van der Waals surface area contributed by atoms with Gasteiger partial charge in [0.15, 0.2) is 6.10 Å². The summed E-state index contributed by atoms with van der Waals surface area (Å²) in [6, 6.07) is 0. The number of carbonyl (C=O) groups excluding carboxylic acids is 2. The van der Waals surface area contributed by atoms with E-state index in [0.717, 1.165) is 70.6 Å². The highest BCUT2D eigenvalue weighted by molar-refractivity contribution is 7.47. The summed E-state index contributed by atoms with van der Waals surface area (Å²) in [7, 11) is -4.39. The van der Waals surface area contributed by atoms with Gasteiger partial charge in [-0.15, -0.1) is 0 Å². The van der Waals surface area contributed by atoms with Crippen LogP contribution in [0.25, 0.3) is 0 Å². The molecule has 10 heteroatoms. The fraction of sp³-hybridized carbons (Fsp3) is 0.763. The van der Waals surface area contributed by atoms with Crippen molar-refractivity contribution in [2.45, 2.75) is 264 Å². The van der Waals surface area contributed by atoms with Gasteiger partial charge in [-0.1, -0.05) is 228 Å². The second kappa shape index (κ2) is 54.8. The number of esters is 2. The molecule has 0 amide bonds. The molecule has 0 aliphatic rings. The number of unbranched alkanes of at least 4 members (excludes halogenated alkanes) is 28. The van der Waals surface area contributed by atoms with Crippen LogP contribution in [0.1, 0.15) is 258 Å². The van der Waals surface area contributed by atoms with Crippen LogP contribution in [0.15, 0.2) is 72.9 Å². The van der Waals surface area contributed by atoms with Crippen LogP contribution in [0.2, 0.25) is 0 Å². The Kier molecular flexibility index (Phi) is 52.8. The average Bonchev–Trinajstić information content (AvgIpc) is 3.34. The summed E-state index contributed by atoms with van der Waals surface area (Å²) in [5.74, 6) is -0.840. The Hall–Kier alpha value is -2.55. The molecule has 0 aromatic carbocycles. The number of nitrogens with two attached hydrogens (primary N) is 1. The molecule has 0 radical (unpaired) electrons. The third-order valence-corrected chi connectivity index (χ3v) is 13.0. The summed E-state index contributed by atoms with van der Waals surface area (Å²) in [4.78, 5) is 35.1. The van der Waals surface area contributed by atoms with Gasteiger partial charge in [0.05, 0.1) is 13.2 Å². The minimum atomic E-state index is -4.39. The van der Waals surface area contributed by atoms with Crippen LogP contribution in [0, 0.1) is 0 Å². The van der Waals surface area contributed by atoms with Crippen LogP contribution < -0.4 is 5.73 Å². The van der Waals surface area contributed by atoms with E-state index in [1.54, 1.807) is 0 Å². The zero-order valence-corrected chi connectivity index (χ0v) is 45.4. The molecule has 400 valence electrons. The number of carbonyl (C=O) groups is 2. The van der Waals surface area contributed by atoms with Gasteiger partial charge in [0, 0.05) is 19.4 Å². The molecule has 2 unspecified atom stereocenters. The van der Waals surface area contributed by atoms with Crippen LogP contribution in [-0.4, -0.2) is 49.3 Å². The Morgan fingerprint density at radius 1 is 0.435 bits per heavy atom. The van der Waals surface area contributed by atoms with Gasteiger partial charge in [0.1, 0.15) is 6.61 Å². The third kappa shape index (κ3) is 54.6. The van der Waals surface area contributed by atoms with E-state index in [-0.39, 0.29) is 32.6 Å². The second-order valence-electron chi connectivity index (χ2n) is 18.8. The predicted molar refractivity (Wildman–Crippen MR) is 293 cm³/mol. The van der Waals surface area contributed by atoms with Crippen LogP contribution in [0.3, 0.4) is 0 Å². The maximum Gasteiger partial charge on any atom is 0.472 e. The van der Waals surface area contributed by atoms with Crippen LogP contribution in [0.4, 0.5) is 0 Å². The summed E-state index contributed by atoms with van der Waals surface area (Å²) in [5, 5.41) is 0. The highest BCUT2D eigenvalue weighted by Gasteiger charge is 2.26. The highest BCUT2D eigenvalue weighted by atomic mass is 31.2. The minimum absolute atomic E-state index is 0.0490. The predicted octanol–water partition coefficient (Wildman–Crippen LogP) is 17.7. The molecule has 0 rings (SSSR count). The summed E-state index contributed by atoms with van der Waals surface area (Å²) in [6.45, 7) is 3.70. The summed E-state index contributed by atoms with van der Waals surface area (Å²) < 4.78 is 33.0. The first-order valence-electron chi connectivity index (χ1n) is 28.4. The minimum Gasteiger partial charge on any atom is -0.462 e. The molecule has 0 spiro atoms. The van der Waals surface area contributed by atoms with Crippen LogP contribution in [0.5, 0.6) is 0 Å². The van der Waals surface area contributed by atoms with Crippen molar-refractivity contribution in [3.05, 3.63) is 72.9 Å². The number of allylic oxidation sites excluding steroid dienone is 12. The van der Waals surface area contributed by atoms with E-state index in [4.69, 9.17) is 24.3 Å². The van der Waals surface area contributed by atoms with Crippen molar-refractivity contribution >= 4 is 19.8 Å². The molecule has 0 aliphatic carbocycles. The van der Waals surface area contributed by atoms with Crippen molar-refractivity contribution in [3.8, 4) is 0 Å². The van der Waals surface area contributed by atoms with E-state index in [9.17, 15) is 19.0 Å². The monoisotopic (exact) mass is 988 g/mol. The molecule has 0 fully saturated rings. The standard InChI is InChI=1S/C59H106NO8P/c1-3-5-7-9-11-13-15-17-19-21-23-24-25-26-27-28-29-30-31-32-34-36-38-40-42-44-46-48-50-52-59(62)68-57(56-67-69(63,64)66-54-53-60)55-65-58(61)51-49-47-45-43-41-39-37-35-33-22-20-18-16-14-12-10-8-6-4-2/h12,14-15,17-18,20-21,23,25-26,33,35,57H,3-11,13,16,19,22,24,27-32,34,36-56,60H2,1-2H3,(H,63,64)/b14-12-,17-15-,20-18-,23-21-,26-25-,35-33-. The summed E-state index contributed by atoms with van der Waals surface area (Å²) in [6.07, 6.45) is 69.5. The highest BCUT2D eigenvalue weighted by Crippen LogP contribution is 2.43. The Morgan fingerprint density at radius 3 is 1.14 bits per heavy atom. The van der Waals surface area contributed by atoms with Gasteiger partial charge in [-0.2, -0.15) is 0 Å². The lowest BCUT2D eigenvalue weighted by Gasteiger charge is -2.19. The van der Waals surface area contributed by atoms with Crippen molar-refractivity contribution < 1.29 is 37.6 Å². The molecule has 2 atom stereocenters. The van der Waals surface area contributed by atoms with E-state index in [1.165, 1.54) is 148 Å². The molecular formula is C59H106NO8P. The van der Waals surface area contributed by atoms with Gasteiger partial charge in [-0.05, 0) is 89.9 Å². The Morgan fingerprint density at radius 2 is 0.754 bits per heavy atom. The molecule has 9 nitrogen and oxygen atoms in total. The molecule has 0 aliphatic heterocycles. The summed E-state index contributed by atoms with van der Waals surface area (Å²) in [5.41, 5.74) is 5.38. The van der Waals surface area contributed by atoms with Gasteiger partial charge in [-0.25, -0.2) is 4.57 Å². The van der Waals surface area contributed by atoms with Gasteiger partial charge in [0.25, 0.3) is 0 Å². The van der Waals surface area contributed by atoms with E-state index < -0.39 is 32.5 Å². The van der Waals surface area contributed by atoms with Crippen molar-refractivity contribution in [1.29, 1.82) is 0 Å². The van der Waals surface area contributed by atoms with Gasteiger partial charge in [-0.3, -0.25) is 18.6 Å². The smallest absolute Gasteiger partial charge is 0.462 e. The lowest BCUT2D eigenvalue weighted by atomic mass is 10.0. The number of hydrogen-bond acceptors (Lipinski definition) is 8. The maximum absolute atomic E-state index is 12.7. The van der Waals surface area contributed by atoms with Crippen molar-refractivity contribution in [3.63, 3.8) is 0 Å². The number of rotatable bonds is 53. The molecule has 69 heavy (non-hydrogen) atoms. The Labute approximate surface area is 424 Å². The normalized spacial score (nSPS) is 13.6. The molecule has 0 heterocycles. The third-order valence-electron chi connectivity index (χ3n) is 12.1. The van der Waals surface area contributed by atoms with Gasteiger partial charge >= 0.3 is 19.8 Å². The average molecular weight is 988 g/mol. The van der Waals surface area contributed by atoms with Crippen molar-refractivity contribution in [1.82, 2.24) is 0 Å². The second-order valence-corrected chi connectivity index (χ2v) is 20.3. The molecule has 3 N–H and O–H groups in total.